The molecule has 0 radical (unpaired) electrons. The third kappa shape index (κ3) is 5.28. The molecule has 2 aromatic carbocycles. The summed E-state index contributed by atoms with van der Waals surface area (Å²) >= 11 is 6.06. The maximum Gasteiger partial charge on any atom is 0.246 e. The predicted octanol–water partition coefficient (Wildman–Crippen LogP) is 4.29. The minimum Gasteiger partial charge on any atom is -0.494 e. The molecular weight excluding hydrogens is 390 g/mol. The van der Waals surface area contributed by atoms with E-state index in [0.717, 1.165) is 46.2 Å². The van der Waals surface area contributed by atoms with Crippen LogP contribution in [0.25, 0.3) is 11.0 Å². The van der Waals surface area contributed by atoms with Crippen LogP contribution in [0.5, 0.6) is 5.75 Å². The topological polar surface area (TPSA) is 65.4 Å². The summed E-state index contributed by atoms with van der Waals surface area (Å²) in [5, 5.41) is 3.67. The van der Waals surface area contributed by atoms with Gasteiger partial charge in [0.25, 0.3) is 0 Å². The average Bonchev–Trinajstić information content (AvgIpc) is 3.07. The number of aryl methyl sites for hydroxylation is 2. The minimum absolute atomic E-state index is 0.0267. The van der Waals surface area contributed by atoms with Crippen LogP contribution in [0.15, 0.2) is 42.5 Å². The van der Waals surface area contributed by atoms with Crippen LogP contribution in [0.4, 0.5) is 0 Å². The van der Waals surface area contributed by atoms with Crippen LogP contribution < -0.4 is 10.1 Å². The Morgan fingerprint density at radius 2 is 2.07 bits per heavy atom. The highest BCUT2D eigenvalue weighted by molar-refractivity contribution is 6.31. The number of aromatic nitrogens is 2. The Hall–Kier alpha value is -2.57. The van der Waals surface area contributed by atoms with Crippen LogP contribution in [0.2, 0.25) is 5.02 Å². The number of ether oxygens (including phenoxy) is 2. The first kappa shape index (κ1) is 21.1. The van der Waals surface area contributed by atoms with Gasteiger partial charge in [-0.15, -0.1) is 0 Å². The molecule has 0 spiro atoms. The molecule has 3 rings (SSSR count). The number of nitrogens with one attached hydrogen (secondary N) is 1. The predicted molar refractivity (Wildman–Crippen MR) is 114 cm³/mol. The fourth-order valence-electron chi connectivity index (χ4n) is 3.26. The van der Waals surface area contributed by atoms with Crippen molar-refractivity contribution in [2.24, 2.45) is 0 Å². The molecule has 0 saturated carbocycles. The van der Waals surface area contributed by atoms with Crippen molar-refractivity contribution in [3.63, 3.8) is 0 Å². The largest absolute Gasteiger partial charge is 0.494 e. The lowest BCUT2D eigenvalue weighted by atomic mass is 10.2. The molecule has 0 aliphatic heterocycles. The SMILES string of the molecule is COCC(=O)NC(C)c1nc2ccccc2n1CCCOc1ccc(Cl)c(C)c1. The first-order valence-electron chi connectivity index (χ1n) is 9.62. The van der Waals surface area contributed by atoms with Gasteiger partial charge < -0.3 is 19.4 Å². The molecule has 1 atom stereocenters. The van der Waals surface area contributed by atoms with E-state index >= 15 is 0 Å². The standard InChI is InChI=1S/C22H26ClN3O3/c1-15-13-17(9-10-18(15)23)29-12-6-11-26-20-8-5-4-7-19(20)25-22(26)16(2)24-21(27)14-28-3/h4-5,7-10,13,16H,6,11-12,14H2,1-3H3,(H,24,27). The summed E-state index contributed by atoms with van der Waals surface area (Å²) in [5.74, 6) is 1.46. The van der Waals surface area contributed by atoms with Crippen molar-refractivity contribution in [1.29, 1.82) is 0 Å². The molecule has 6 nitrogen and oxygen atoms in total. The summed E-state index contributed by atoms with van der Waals surface area (Å²) < 4.78 is 12.9. The zero-order valence-electron chi connectivity index (χ0n) is 16.9. The van der Waals surface area contributed by atoms with E-state index in [9.17, 15) is 4.79 Å². The Morgan fingerprint density at radius 3 is 2.83 bits per heavy atom. The molecule has 0 fully saturated rings. The third-order valence-electron chi connectivity index (χ3n) is 4.65. The van der Waals surface area contributed by atoms with Crippen molar-refractivity contribution in [2.75, 3.05) is 20.3 Å². The van der Waals surface area contributed by atoms with Gasteiger partial charge in [-0.25, -0.2) is 4.98 Å². The van der Waals surface area contributed by atoms with E-state index in [1.165, 1.54) is 7.11 Å². The maximum atomic E-state index is 11.9. The van der Waals surface area contributed by atoms with E-state index in [1.54, 1.807) is 0 Å². The van der Waals surface area contributed by atoms with Crippen LogP contribution in [0.3, 0.4) is 0 Å². The molecule has 154 valence electrons. The fraction of sp³-hybridized carbons (Fsp3) is 0.364. The van der Waals surface area contributed by atoms with E-state index in [0.29, 0.717) is 6.61 Å². The zero-order valence-corrected chi connectivity index (χ0v) is 17.7. The lowest BCUT2D eigenvalue weighted by Gasteiger charge is -2.16. The molecule has 1 N–H and O–H groups in total. The number of methoxy groups -OCH3 is 1. The summed E-state index contributed by atoms with van der Waals surface area (Å²) in [6, 6.07) is 13.4. The van der Waals surface area contributed by atoms with Crippen LogP contribution in [0, 0.1) is 6.92 Å². The minimum atomic E-state index is -0.232. The summed E-state index contributed by atoms with van der Waals surface area (Å²) in [7, 11) is 1.50. The van der Waals surface area contributed by atoms with Gasteiger partial charge in [-0.3, -0.25) is 4.79 Å². The number of benzene rings is 2. The Kier molecular flexibility index (Phi) is 7.12. The number of carbonyl (C=O) groups excluding carboxylic acids is 1. The molecule has 0 saturated heterocycles. The Morgan fingerprint density at radius 1 is 1.28 bits per heavy atom. The van der Waals surface area contributed by atoms with E-state index in [2.05, 4.69) is 9.88 Å². The number of para-hydroxylation sites is 2. The van der Waals surface area contributed by atoms with Gasteiger partial charge in [0.15, 0.2) is 0 Å². The number of fused-ring (bicyclic) bond motifs is 1. The van der Waals surface area contributed by atoms with E-state index in [4.69, 9.17) is 26.1 Å². The lowest BCUT2D eigenvalue weighted by Crippen LogP contribution is -2.31. The smallest absolute Gasteiger partial charge is 0.246 e. The molecule has 0 aliphatic carbocycles. The van der Waals surface area contributed by atoms with Crippen LogP contribution >= 0.6 is 11.6 Å². The monoisotopic (exact) mass is 415 g/mol. The maximum absolute atomic E-state index is 11.9. The third-order valence-corrected chi connectivity index (χ3v) is 5.07. The molecule has 1 aromatic heterocycles. The number of rotatable bonds is 9. The van der Waals surface area contributed by atoms with Gasteiger partial charge in [0, 0.05) is 18.7 Å². The van der Waals surface area contributed by atoms with Gasteiger partial charge >= 0.3 is 0 Å². The molecule has 0 bridgehead atoms. The molecule has 7 heteroatoms. The van der Waals surface area contributed by atoms with Gasteiger partial charge in [-0.2, -0.15) is 0 Å². The van der Waals surface area contributed by atoms with Crippen molar-refractivity contribution in [3.8, 4) is 5.75 Å². The summed E-state index contributed by atoms with van der Waals surface area (Å²) in [6.45, 7) is 5.21. The summed E-state index contributed by atoms with van der Waals surface area (Å²) in [5.41, 5.74) is 2.94. The first-order chi connectivity index (χ1) is 14.0. The normalized spacial score (nSPS) is 12.1. The van der Waals surface area contributed by atoms with E-state index in [1.807, 2.05) is 56.3 Å². The van der Waals surface area contributed by atoms with Crippen molar-refractivity contribution < 1.29 is 14.3 Å². The van der Waals surface area contributed by atoms with Gasteiger partial charge in [0.1, 0.15) is 18.2 Å². The number of nitrogens with zero attached hydrogens (tertiary/aromatic N) is 2. The number of hydrogen-bond acceptors (Lipinski definition) is 4. The first-order valence-corrected chi connectivity index (χ1v) is 10.00. The highest BCUT2D eigenvalue weighted by atomic mass is 35.5. The van der Waals surface area contributed by atoms with Crippen molar-refractivity contribution >= 4 is 28.5 Å². The number of carbonyl (C=O) groups is 1. The average molecular weight is 416 g/mol. The number of imidazole rings is 1. The molecule has 1 heterocycles. The summed E-state index contributed by atoms with van der Waals surface area (Å²) in [4.78, 5) is 16.7. The van der Waals surface area contributed by atoms with Crippen molar-refractivity contribution in [1.82, 2.24) is 14.9 Å². The molecule has 29 heavy (non-hydrogen) atoms. The Bertz CT molecular complexity index is 987. The molecule has 1 amide bonds. The van der Waals surface area contributed by atoms with E-state index in [-0.39, 0.29) is 18.6 Å². The Balaban J connectivity index is 1.70. The molecule has 0 aliphatic rings. The van der Waals surface area contributed by atoms with Gasteiger partial charge in [0.2, 0.25) is 5.91 Å². The second-order valence-electron chi connectivity index (χ2n) is 6.95. The lowest BCUT2D eigenvalue weighted by molar-refractivity contribution is -0.125. The fourth-order valence-corrected chi connectivity index (χ4v) is 3.38. The molecule has 1 unspecified atom stereocenters. The molecule has 3 aromatic rings. The van der Waals surface area contributed by atoms with Crippen molar-refractivity contribution in [2.45, 2.75) is 32.9 Å². The summed E-state index contributed by atoms with van der Waals surface area (Å²) in [6.07, 6.45) is 0.799. The second kappa shape index (κ2) is 9.76. The number of halogens is 1. The molecular formula is C22H26ClN3O3. The van der Waals surface area contributed by atoms with Crippen molar-refractivity contribution in [3.05, 3.63) is 58.9 Å². The van der Waals surface area contributed by atoms with Gasteiger partial charge in [0.05, 0.1) is 23.7 Å². The van der Waals surface area contributed by atoms with Crippen LogP contribution in [-0.4, -0.2) is 35.8 Å². The quantitative estimate of drug-likeness (QED) is 0.529. The zero-order chi connectivity index (χ0) is 20.8. The van der Waals surface area contributed by atoms with Gasteiger partial charge in [-0.05, 0) is 56.2 Å². The van der Waals surface area contributed by atoms with Gasteiger partial charge in [-0.1, -0.05) is 23.7 Å². The number of hydrogen-bond donors (Lipinski definition) is 1. The Labute approximate surface area is 175 Å². The van der Waals surface area contributed by atoms with Crippen LogP contribution in [0.1, 0.15) is 30.8 Å². The van der Waals surface area contributed by atoms with E-state index < -0.39 is 0 Å². The van der Waals surface area contributed by atoms with Crippen LogP contribution in [-0.2, 0) is 16.1 Å². The highest BCUT2D eigenvalue weighted by Crippen LogP contribution is 2.23. The highest BCUT2D eigenvalue weighted by Gasteiger charge is 2.18. The second-order valence-corrected chi connectivity index (χ2v) is 7.35. The number of amides is 1.